The number of halogens is 3. The molecule has 7 nitrogen and oxygen atoms in total. The van der Waals surface area contributed by atoms with Gasteiger partial charge in [-0.25, -0.2) is 18.2 Å². The van der Waals surface area contributed by atoms with Crippen molar-refractivity contribution in [3.05, 3.63) is 47.7 Å². The van der Waals surface area contributed by atoms with Gasteiger partial charge in [-0.15, -0.1) is 0 Å². The highest BCUT2D eigenvalue weighted by Gasteiger charge is 2.33. The number of esters is 1. The number of methoxy groups -OCH3 is 1. The molecule has 1 aromatic heterocycles. The number of hydrogen-bond acceptors (Lipinski definition) is 6. The zero-order valence-electron chi connectivity index (χ0n) is 14.5. The van der Waals surface area contributed by atoms with Crippen LogP contribution in [0.1, 0.15) is 35.3 Å². The molecule has 0 bridgehead atoms. The van der Waals surface area contributed by atoms with Crippen molar-refractivity contribution in [2.75, 3.05) is 13.7 Å². The largest absolute Gasteiger partial charge is 0.464 e. The normalized spacial score (nSPS) is 12.4. The minimum atomic E-state index is -4.67. The van der Waals surface area contributed by atoms with Gasteiger partial charge in [0.2, 0.25) is 15.9 Å². The van der Waals surface area contributed by atoms with Crippen LogP contribution in [0.3, 0.4) is 0 Å². The van der Waals surface area contributed by atoms with Crippen molar-refractivity contribution in [2.24, 2.45) is 0 Å². The van der Waals surface area contributed by atoms with Crippen molar-refractivity contribution in [1.29, 1.82) is 0 Å². The van der Waals surface area contributed by atoms with E-state index in [1.54, 1.807) is 6.92 Å². The van der Waals surface area contributed by atoms with Gasteiger partial charge in [0.1, 0.15) is 6.26 Å². The standard InChI is InChI=1S/C16H17F3N2O5S/c1-3-7-21(9-14-20-13(10-26-14)15(22)25-2)27(23,24)12-6-4-5-11(8-12)16(17,18)19/h4-6,8,10H,3,7,9H2,1-2H3. The average molecular weight is 406 g/mol. The fourth-order valence-electron chi connectivity index (χ4n) is 2.25. The Morgan fingerprint density at radius 1 is 1.33 bits per heavy atom. The number of nitrogens with zero attached hydrogens (tertiary/aromatic N) is 2. The van der Waals surface area contributed by atoms with Crippen molar-refractivity contribution in [1.82, 2.24) is 9.29 Å². The van der Waals surface area contributed by atoms with Crippen LogP contribution in [0.5, 0.6) is 0 Å². The van der Waals surface area contributed by atoms with Crippen molar-refractivity contribution >= 4 is 16.0 Å². The van der Waals surface area contributed by atoms with Gasteiger partial charge in [-0.1, -0.05) is 13.0 Å². The van der Waals surface area contributed by atoms with Gasteiger partial charge >= 0.3 is 12.1 Å². The number of alkyl halides is 3. The minimum absolute atomic E-state index is 0.0223. The third kappa shape index (κ3) is 4.86. The molecule has 0 saturated heterocycles. The molecule has 0 atom stereocenters. The van der Waals surface area contributed by atoms with E-state index in [-0.39, 0.29) is 24.7 Å². The van der Waals surface area contributed by atoms with E-state index in [1.165, 1.54) is 0 Å². The Labute approximate surface area is 153 Å². The van der Waals surface area contributed by atoms with Crippen LogP contribution < -0.4 is 0 Å². The molecule has 0 aliphatic heterocycles. The average Bonchev–Trinajstić information content (AvgIpc) is 3.08. The van der Waals surface area contributed by atoms with Gasteiger partial charge < -0.3 is 9.15 Å². The van der Waals surface area contributed by atoms with Gasteiger partial charge in [0.05, 0.1) is 24.1 Å². The molecule has 0 unspecified atom stereocenters. The molecular formula is C16H17F3N2O5S. The summed E-state index contributed by atoms with van der Waals surface area (Å²) in [6.07, 6.45) is -3.25. The molecule has 2 rings (SSSR count). The Morgan fingerprint density at radius 3 is 2.63 bits per heavy atom. The summed E-state index contributed by atoms with van der Waals surface area (Å²) < 4.78 is 74.8. The van der Waals surface area contributed by atoms with Crippen molar-refractivity contribution in [2.45, 2.75) is 31.0 Å². The van der Waals surface area contributed by atoms with Gasteiger partial charge in [-0.2, -0.15) is 17.5 Å². The Kier molecular flexibility index (Phi) is 6.26. The van der Waals surface area contributed by atoms with Crippen molar-refractivity contribution in [3.63, 3.8) is 0 Å². The summed E-state index contributed by atoms with van der Waals surface area (Å²) in [5.41, 5.74) is -1.20. The highest BCUT2D eigenvalue weighted by atomic mass is 32.2. The van der Waals surface area contributed by atoms with Crippen molar-refractivity contribution in [3.8, 4) is 0 Å². The van der Waals surface area contributed by atoms with Crippen LogP contribution in [0, 0.1) is 0 Å². The SMILES string of the molecule is CCCN(Cc1nc(C(=O)OC)co1)S(=O)(=O)c1cccc(C(F)(F)F)c1. The first-order valence-corrected chi connectivity index (χ1v) is 9.23. The van der Waals surface area contributed by atoms with Gasteiger partial charge in [0, 0.05) is 6.54 Å². The van der Waals surface area contributed by atoms with Gasteiger partial charge in [0.25, 0.3) is 0 Å². The molecule has 1 aromatic carbocycles. The highest BCUT2D eigenvalue weighted by molar-refractivity contribution is 7.89. The Morgan fingerprint density at radius 2 is 2.04 bits per heavy atom. The molecule has 0 saturated carbocycles. The maximum Gasteiger partial charge on any atom is 0.416 e. The molecule has 27 heavy (non-hydrogen) atoms. The van der Waals surface area contributed by atoms with Crippen LogP contribution in [-0.2, 0) is 27.5 Å². The number of carbonyl (C=O) groups is 1. The monoisotopic (exact) mass is 406 g/mol. The number of ether oxygens (including phenoxy) is 1. The quantitative estimate of drug-likeness (QED) is 0.657. The molecule has 1 heterocycles. The van der Waals surface area contributed by atoms with E-state index in [9.17, 15) is 26.4 Å². The summed E-state index contributed by atoms with van der Waals surface area (Å²) in [5, 5.41) is 0. The molecule has 0 aliphatic rings. The predicted octanol–water partition coefficient (Wildman–Crippen LogP) is 3.08. The summed E-state index contributed by atoms with van der Waals surface area (Å²) in [7, 11) is -3.09. The molecule has 0 radical (unpaired) electrons. The van der Waals surface area contributed by atoms with Gasteiger partial charge in [-0.05, 0) is 24.6 Å². The summed E-state index contributed by atoms with van der Waals surface area (Å²) in [6, 6.07) is 3.48. The number of aromatic nitrogens is 1. The Balaban J connectivity index is 2.34. The van der Waals surface area contributed by atoms with E-state index >= 15 is 0 Å². The first-order chi connectivity index (χ1) is 12.6. The fraction of sp³-hybridized carbons (Fsp3) is 0.375. The number of oxazole rings is 1. The van der Waals surface area contributed by atoms with E-state index in [0.717, 1.165) is 35.9 Å². The lowest BCUT2D eigenvalue weighted by atomic mass is 10.2. The van der Waals surface area contributed by atoms with Crippen LogP contribution >= 0.6 is 0 Å². The second kappa shape index (κ2) is 8.09. The lowest BCUT2D eigenvalue weighted by Gasteiger charge is -2.20. The summed E-state index contributed by atoms with van der Waals surface area (Å²) in [6.45, 7) is 1.39. The zero-order chi connectivity index (χ0) is 20.2. The molecular weight excluding hydrogens is 389 g/mol. The van der Waals surface area contributed by atoms with Crippen LogP contribution in [-0.4, -0.2) is 37.3 Å². The highest BCUT2D eigenvalue weighted by Crippen LogP contribution is 2.31. The maximum atomic E-state index is 12.9. The first kappa shape index (κ1) is 20.9. The number of sulfonamides is 1. The second-order valence-corrected chi connectivity index (χ2v) is 7.42. The number of carbonyl (C=O) groups excluding carboxylic acids is 1. The Hall–Kier alpha value is -2.40. The molecule has 0 aliphatic carbocycles. The van der Waals surface area contributed by atoms with E-state index in [4.69, 9.17) is 4.42 Å². The maximum absolute atomic E-state index is 12.9. The summed E-state index contributed by atoms with van der Waals surface area (Å²) in [4.78, 5) is 14.7. The smallest absolute Gasteiger partial charge is 0.416 e. The molecule has 0 amide bonds. The number of benzene rings is 1. The predicted molar refractivity (Wildman–Crippen MR) is 87.2 cm³/mol. The Bertz CT molecular complexity index is 909. The van der Waals surface area contributed by atoms with Gasteiger partial charge in [-0.3, -0.25) is 0 Å². The van der Waals surface area contributed by atoms with E-state index in [1.807, 2.05) is 0 Å². The molecule has 11 heteroatoms. The number of rotatable bonds is 7. The lowest BCUT2D eigenvalue weighted by Crippen LogP contribution is -2.31. The van der Waals surface area contributed by atoms with E-state index < -0.39 is 32.6 Å². The lowest BCUT2D eigenvalue weighted by molar-refractivity contribution is -0.137. The molecule has 0 spiro atoms. The number of hydrogen-bond donors (Lipinski definition) is 0. The second-order valence-electron chi connectivity index (χ2n) is 5.48. The van der Waals surface area contributed by atoms with Crippen LogP contribution in [0.4, 0.5) is 13.2 Å². The molecule has 0 N–H and O–H groups in total. The third-order valence-electron chi connectivity index (χ3n) is 3.53. The van der Waals surface area contributed by atoms with Crippen molar-refractivity contribution < 1.29 is 35.5 Å². The van der Waals surface area contributed by atoms with Crippen LogP contribution in [0.25, 0.3) is 0 Å². The topological polar surface area (TPSA) is 89.7 Å². The summed E-state index contributed by atoms with van der Waals surface area (Å²) in [5.74, 6) is -0.841. The van der Waals surface area contributed by atoms with Crippen LogP contribution in [0.15, 0.2) is 39.8 Å². The van der Waals surface area contributed by atoms with Gasteiger partial charge in [0.15, 0.2) is 5.69 Å². The summed E-state index contributed by atoms with van der Waals surface area (Å²) >= 11 is 0. The minimum Gasteiger partial charge on any atom is -0.464 e. The van der Waals surface area contributed by atoms with Crippen LogP contribution in [0.2, 0.25) is 0 Å². The molecule has 2 aromatic rings. The molecule has 148 valence electrons. The fourth-order valence-corrected chi connectivity index (χ4v) is 3.78. The molecule has 0 fully saturated rings. The van der Waals surface area contributed by atoms with E-state index in [2.05, 4.69) is 9.72 Å². The third-order valence-corrected chi connectivity index (χ3v) is 5.37. The first-order valence-electron chi connectivity index (χ1n) is 7.79. The van der Waals surface area contributed by atoms with E-state index in [0.29, 0.717) is 12.5 Å². The zero-order valence-corrected chi connectivity index (χ0v) is 15.3.